The Morgan fingerprint density at radius 2 is 1.77 bits per heavy atom. The van der Waals surface area contributed by atoms with E-state index in [2.05, 4.69) is 21.2 Å². The highest BCUT2D eigenvalue weighted by Gasteiger charge is 2.27. The number of hydrogen-bond acceptors (Lipinski definition) is 5. The number of nitrogens with zero attached hydrogens (tertiary/aromatic N) is 2. The number of sulfonamides is 1. The number of ether oxygens (including phenoxy) is 1. The van der Waals surface area contributed by atoms with Crippen molar-refractivity contribution >= 4 is 43.5 Å². The molecule has 2 aromatic carbocycles. The molecule has 1 atom stereocenters. The van der Waals surface area contributed by atoms with Crippen molar-refractivity contribution in [3.63, 3.8) is 0 Å². The second kappa shape index (κ2) is 12.9. The molecule has 0 saturated heterocycles. The highest BCUT2D eigenvalue weighted by molar-refractivity contribution is 9.10. The van der Waals surface area contributed by atoms with Gasteiger partial charge in [0.25, 0.3) is 0 Å². The third kappa shape index (κ3) is 8.85. The first kappa shape index (κ1) is 28.6. The van der Waals surface area contributed by atoms with Gasteiger partial charge >= 0.3 is 0 Å². The largest absolute Gasteiger partial charge is 0.497 e. The van der Waals surface area contributed by atoms with Gasteiger partial charge in [-0.15, -0.1) is 0 Å². The molecular formula is C25H34BrN3O5S. The number of halogens is 1. The van der Waals surface area contributed by atoms with E-state index in [0.29, 0.717) is 11.4 Å². The van der Waals surface area contributed by atoms with Crippen LogP contribution in [0.1, 0.15) is 39.2 Å². The van der Waals surface area contributed by atoms with Gasteiger partial charge in [0.1, 0.15) is 11.8 Å². The van der Waals surface area contributed by atoms with E-state index in [0.717, 1.165) is 16.3 Å². The maximum absolute atomic E-state index is 13.3. The Morgan fingerprint density at radius 1 is 1.09 bits per heavy atom. The van der Waals surface area contributed by atoms with Crippen molar-refractivity contribution in [2.45, 2.75) is 52.2 Å². The Hall–Kier alpha value is -2.59. The summed E-state index contributed by atoms with van der Waals surface area (Å²) in [6.07, 6.45) is 1.51. The number of carbonyl (C=O) groups excluding carboxylic acids is 2. The Bertz CT molecular complexity index is 1120. The molecule has 0 aromatic heterocycles. The van der Waals surface area contributed by atoms with Crippen LogP contribution in [0.25, 0.3) is 0 Å². The second-order valence-corrected chi connectivity index (χ2v) is 11.5. The molecule has 0 unspecified atom stereocenters. The van der Waals surface area contributed by atoms with Crippen LogP contribution in [0.3, 0.4) is 0 Å². The number of benzene rings is 2. The number of carbonyl (C=O) groups is 2. The minimum atomic E-state index is -3.57. The summed E-state index contributed by atoms with van der Waals surface area (Å²) in [6.45, 7) is 5.81. The first-order valence-corrected chi connectivity index (χ1v) is 14.0. The maximum Gasteiger partial charge on any atom is 0.242 e. The van der Waals surface area contributed by atoms with E-state index in [-0.39, 0.29) is 43.8 Å². The fourth-order valence-corrected chi connectivity index (χ4v) is 4.99. The van der Waals surface area contributed by atoms with Gasteiger partial charge in [0.05, 0.1) is 19.1 Å². The highest BCUT2D eigenvalue weighted by atomic mass is 79.9. The van der Waals surface area contributed by atoms with Gasteiger partial charge in [-0.05, 0) is 57.0 Å². The maximum atomic E-state index is 13.3. The lowest BCUT2D eigenvalue weighted by molar-refractivity contribution is -0.140. The SMILES string of the molecule is COc1cccc(N(CCCC(=O)N(Cc2cccc(Br)c2)[C@H](C)C(=O)NC(C)C)S(C)(=O)=O)c1. The number of hydrogen-bond donors (Lipinski definition) is 1. The van der Waals surface area contributed by atoms with Crippen LogP contribution in [0.15, 0.2) is 53.0 Å². The summed E-state index contributed by atoms with van der Waals surface area (Å²) in [5, 5.41) is 2.86. The first-order chi connectivity index (χ1) is 16.4. The van der Waals surface area contributed by atoms with Crippen LogP contribution in [-0.2, 0) is 26.2 Å². The summed E-state index contributed by atoms with van der Waals surface area (Å²) in [6, 6.07) is 13.6. The Balaban J connectivity index is 2.18. The molecule has 10 heteroatoms. The summed E-state index contributed by atoms with van der Waals surface area (Å²) in [5.41, 5.74) is 1.35. The third-order valence-electron chi connectivity index (χ3n) is 5.33. The number of anilines is 1. The number of methoxy groups -OCH3 is 1. The van der Waals surface area contributed by atoms with E-state index in [4.69, 9.17) is 4.74 Å². The van der Waals surface area contributed by atoms with Crippen LogP contribution in [-0.4, -0.2) is 57.1 Å². The molecule has 0 saturated carbocycles. The van der Waals surface area contributed by atoms with E-state index < -0.39 is 16.1 Å². The van der Waals surface area contributed by atoms with Crippen LogP contribution in [0.4, 0.5) is 5.69 Å². The molecule has 0 fully saturated rings. The lowest BCUT2D eigenvalue weighted by Crippen LogP contribution is -2.49. The minimum Gasteiger partial charge on any atom is -0.497 e. The van der Waals surface area contributed by atoms with Crippen molar-refractivity contribution in [1.82, 2.24) is 10.2 Å². The van der Waals surface area contributed by atoms with E-state index in [9.17, 15) is 18.0 Å². The number of amides is 2. The average molecular weight is 569 g/mol. The summed E-state index contributed by atoms with van der Waals surface area (Å²) in [5.74, 6) is 0.0744. The summed E-state index contributed by atoms with van der Waals surface area (Å²) in [7, 11) is -2.06. The molecule has 0 radical (unpaired) electrons. The van der Waals surface area contributed by atoms with Crippen LogP contribution in [0, 0.1) is 0 Å². The molecule has 0 aliphatic rings. The van der Waals surface area contributed by atoms with Crippen molar-refractivity contribution in [3.8, 4) is 5.75 Å². The fraction of sp³-hybridized carbons (Fsp3) is 0.440. The van der Waals surface area contributed by atoms with Crippen molar-refractivity contribution in [1.29, 1.82) is 0 Å². The van der Waals surface area contributed by atoms with Crippen LogP contribution < -0.4 is 14.4 Å². The van der Waals surface area contributed by atoms with Crippen molar-refractivity contribution < 1.29 is 22.7 Å². The smallest absolute Gasteiger partial charge is 0.242 e. The zero-order chi connectivity index (χ0) is 26.2. The van der Waals surface area contributed by atoms with E-state index in [1.165, 1.54) is 16.3 Å². The molecule has 0 heterocycles. The Morgan fingerprint density at radius 3 is 2.37 bits per heavy atom. The molecule has 2 aromatic rings. The van der Waals surface area contributed by atoms with E-state index >= 15 is 0 Å². The van der Waals surface area contributed by atoms with Gasteiger partial charge in [-0.25, -0.2) is 8.42 Å². The molecule has 1 N–H and O–H groups in total. The molecule has 2 rings (SSSR count). The van der Waals surface area contributed by atoms with Gasteiger partial charge in [-0.3, -0.25) is 13.9 Å². The molecule has 2 amide bonds. The first-order valence-electron chi connectivity index (χ1n) is 11.4. The standard InChI is InChI=1S/C25H34BrN3O5S/c1-18(2)27-25(31)19(3)28(17-20-9-6-10-21(26)15-20)24(30)13-8-14-29(35(5,32)33)22-11-7-12-23(16-22)34-4/h6-7,9-12,15-16,18-19H,8,13-14,17H2,1-5H3,(H,27,31)/t19-/m1/s1. The third-order valence-corrected chi connectivity index (χ3v) is 7.02. The highest BCUT2D eigenvalue weighted by Crippen LogP contribution is 2.24. The number of nitrogens with one attached hydrogen (secondary N) is 1. The summed E-state index contributed by atoms with van der Waals surface area (Å²) in [4.78, 5) is 27.5. The predicted octanol–water partition coefficient (Wildman–Crippen LogP) is 3.95. The second-order valence-electron chi connectivity index (χ2n) is 8.63. The average Bonchev–Trinajstić information content (AvgIpc) is 2.78. The van der Waals surface area contributed by atoms with Crippen LogP contribution in [0.5, 0.6) is 5.75 Å². The monoisotopic (exact) mass is 567 g/mol. The molecule has 35 heavy (non-hydrogen) atoms. The van der Waals surface area contributed by atoms with Gasteiger partial charge in [-0.1, -0.05) is 34.1 Å². The van der Waals surface area contributed by atoms with Crippen molar-refractivity contribution in [2.24, 2.45) is 0 Å². The molecule has 192 valence electrons. The van der Waals surface area contributed by atoms with Crippen molar-refractivity contribution in [2.75, 3.05) is 24.2 Å². The molecule has 8 nitrogen and oxygen atoms in total. The normalized spacial score (nSPS) is 12.2. The van der Waals surface area contributed by atoms with Gasteiger partial charge in [0.15, 0.2) is 0 Å². The van der Waals surface area contributed by atoms with Gasteiger partial charge in [-0.2, -0.15) is 0 Å². The molecule has 0 aliphatic carbocycles. The Kier molecular flexibility index (Phi) is 10.6. The minimum absolute atomic E-state index is 0.0565. The fourth-order valence-electron chi connectivity index (χ4n) is 3.59. The van der Waals surface area contributed by atoms with E-state index in [1.807, 2.05) is 38.1 Å². The predicted molar refractivity (Wildman–Crippen MR) is 142 cm³/mol. The molecule has 0 bridgehead atoms. The van der Waals surface area contributed by atoms with Crippen LogP contribution in [0.2, 0.25) is 0 Å². The lowest BCUT2D eigenvalue weighted by atomic mass is 10.1. The lowest BCUT2D eigenvalue weighted by Gasteiger charge is -2.30. The quantitative estimate of drug-likeness (QED) is 0.419. The van der Waals surface area contributed by atoms with Crippen LogP contribution >= 0.6 is 15.9 Å². The topological polar surface area (TPSA) is 96.0 Å². The van der Waals surface area contributed by atoms with Crippen molar-refractivity contribution in [3.05, 3.63) is 58.6 Å². The zero-order valence-corrected chi connectivity index (χ0v) is 23.2. The van der Waals surface area contributed by atoms with Gasteiger partial charge in [0.2, 0.25) is 21.8 Å². The summed E-state index contributed by atoms with van der Waals surface area (Å²) >= 11 is 3.44. The number of rotatable bonds is 12. The van der Waals surface area contributed by atoms with E-state index in [1.54, 1.807) is 31.2 Å². The summed E-state index contributed by atoms with van der Waals surface area (Å²) < 4.78 is 32.2. The molecule has 0 spiro atoms. The zero-order valence-electron chi connectivity index (χ0n) is 20.8. The van der Waals surface area contributed by atoms with Gasteiger partial charge < -0.3 is 15.0 Å². The molecular weight excluding hydrogens is 534 g/mol. The Labute approximate surface area is 216 Å². The van der Waals surface area contributed by atoms with Gasteiger partial charge in [0, 0.05) is 36.1 Å². The molecule has 0 aliphatic heterocycles.